The second-order valence-corrected chi connectivity index (χ2v) is 11.0. The molecule has 0 radical (unpaired) electrons. The molecule has 212 valence electrons. The number of hydrogen-bond acceptors (Lipinski definition) is 7. The average Bonchev–Trinajstić information content (AvgIpc) is 3.32. The van der Waals surface area contributed by atoms with Crippen LogP contribution in [0.25, 0.3) is 0 Å². The Balaban J connectivity index is 1.72. The molecule has 1 aromatic carbocycles. The number of nitrogens with zero attached hydrogens (tertiary/aromatic N) is 1. The molecule has 1 aromatic heterocycles. The minimum Gasteiger partial charge on any atom is -0.493 e. The van der Waals surface area contributed by atoms with Gasteiger partial charge in [-0.25, -0.2) is 4.98 Å². The van der Waals surface area contributed by atoms with Gasteiger partial charge in [0.05, 0.1) is 17.2 Å². The number of thiazole rings is 1. The molecule has 2 atom stereocenters. The van der Waals surface area contributed by atoms with Gasteiger partial charge in [-0.2, -0.15) is 0 Å². The minimum absolute atomic E-state index is 0.0310. The van der Waals surface area contributed by atoms with Crippen LogP contribution in [-0.2, 0) is 20.8 Å². The number of para-hydroxylation sites is 1. The Morgan fingerprint density at radius 3 is 2.74 bits per heavy atom. The minimum atomic E-state index is -0.941. The van der Waals surface area contributed by atoms with Crippen molar-refractivity contribution in [1.82, 2.24) is 26.3 Å². The molecule has 0 saturated heterocycles. The van der Waals surface area contributed by atoms with Gasteiger partial charge in [0, 0.05) is 37.0 Å². The van der Waals surface area contributed by atoms with Gasteiger partial charge in [-0.3, -0.25) is 19.2 Å². The van der Waals surface area contributed by atoms with Gasteiger partial charge in [0.2, 0.25) is 17.7 Å². The first-order valence-electron chi connectivity index (χ1n) is 13.5. The van der Waals surface area contributed by atoms with E-state index in [1.165, 1.54) is 0 Å². The largest absolute Gasteiger partial charge is 0.493 e. The molecule has 1 aliphatic rings. The van der Waals surface area contributed by atoms with Crippen molar-refractivity contribution in [2.24, 2.45) is 5.92 Å². The van der Waals surface area contributed by atoms with E-state index in [9.17, 15) is 19.2 Å². The Kier molecular flexibility index (Phi) is 11.7. The average molecular weight is 558 g/mol. The van der Waals surface area contributed by atoms with Crippen LogP contribution in [0.1, 0.15) is 67.0 Å². The van der Waals surface area contributed by atoms with Crippen LogP contribution in [-0.4, -0.2) is 60.4 Å². The number of carbonyl (C=O) groups excluding carboxylic acids is 4. The zero-order chi connectivity index (χ0) is 28.2. The van der Waals surface area contributed by atoms with E-state index in [2.05, 4.69) is 26.3 Å². The van der Waals surface area contributed by atoms with E-state index in [1.54, 1.807) is 35.6 Å². The smallest absolute Gasteiger partial charge is 0.255 e. The summed E-state index contributed by atoms with van der Waals surface area (Å²) in [5.74, 6) is -0.843. The van der Waals surface area contributed by atoms with Gasteiger partial charge in [0.1, 0.15) is 17.8 Å². The Hall–Kier alpha value is -3.47. The summed E-state index contributed by atoms with van der Waals surface area (Å²) in [7, 11) is 0. The van der Waals surface area contributed by atoms with Gasteiger partial charge in [0.15, 0.2) is 0 Å². The number of carbonyl (C=O) groups is 4. The highest BCUT2D eigenvalue weighted by Crippen LogP contribution is 2.19. The Morgan fingerprint density at radius 2 is 2.00 bits per heavy atom. The summed E-state index contributed by atoms with van der Waals surface area (Å²) in [5, 5.41) is 14.3. The zero-order valence-electron chi connectivity index (χ0n) is 22.9. The first kappa shape index (κ1) is 30.1. The van der Waals surface area contributed by atoms with Crippen molar-refractivity contribution >= 4 is 35.0 Å². The Bertz CT molecular complexity index is 1140. The molecule has 11 heteroatoms. The maximum atomic E-state index is 13.2. The van der Waals surface area contributed by atoms with E-state index < -0.39 is 18.0 Å². The number of nitrogens with one attached hydrogen (secondary N) is 4. The Labute approximate surface area is 233 Å². The summed E-state index contributed by atoms with van der Waals surface area (Å²) in [6, 6.07) is 5.19. The summed E-state index contributed by atoms with van der Waals surface area (Å²) >= 11 is 1.59. The monoisotopic (exact) mass is 557 g/mol. The van der Waals surface area contributed by atoms with Crippen LogP contribution in [0.3, 0.4) is 0 Å². The normalized spacial score (nSPS) is 19.3. The lowest BCUT2D eigenvalue weighted by Crippen LogP contribution is -2.49. The predicted molar refractivity (Wildman–Crippen MR) is 150 cm³/mol. The van der Waals surface area contributed by atoms with Gasteiger partial charge in [-0.1, -0.05) is 26.0 Å². The number of rotatable bonds is 7. The fraction of sp³-hybridized carbons (Fsp3) is 0.536. The standard InChI is InChI=1S/C28H39N5O5S/c1-18(2)16-22-28(37)30-14-7-15-38-23-9-5-4-8-20(23)26(35)33-21(11-12-24(34)32-22)27(36)29-13-6-10-25-31-19(3)17-39-25/h4-5,8-9,17-18,21-22H,6-7,10-16H2,1-3H3,(H,29,36)(H,30,37)(H,32,34)(H,33,35)/t21-,22+/m0/s1. The lowest BCUT2D eigenvalue weighted by molar-refractivity contribution is -0.129. The molecule has 39 heavy (non-hydrogen) atoms. The van der Waals surface area contributed by atoms with Crippen LogP contribution in [0.15, 0.2) is 29.6 Å². The summed E-state index contributed by atoms with van der Waals surface area (Å²) in [6.07, 6.45) is 2.49. The third kappa shape index (κ3) is 9.97. The molecule has 2 aromatic rings. The van der Waals surface area contributed by atoms with Gasteiger partial charge < -0.3 is 26.0 Å². The molecule has 0 fully saturated rings. The molecule has 0 unspecified atom stereocenters. The number of aromatic nitrogens is 1. The van der Waals surface area contributed by atoms with E-state index in [0.717, 1.165) is 17.1 Å². The van der Waals surface area contributed by atoms with Crippen LogP contribution in [0.5, 0.6) is 5.75 Å². The highest BCUT2D eigenvalue weighted by molar-refractivity contribution is 7.09. The molecule has 3 rings (SSSR count). The Morgan fingerprint density at radius 1 is 1.21 bits per heavy atom. The zero-order valence-corrected chi connectivity index (χ0v) is 23.7. The predicted octanol–water partition coefficient (Wildman–Crippen LogP) is 2.51. The fourth-order valence-electron chi connectivity index (χ4n) is 4.21. The highest BCUT2D eigenvalue weighted by atomic mass is 32.1. The lowest BCUT2D eigenvalue weighted by Gasteiger charge is -2.22. The molecule has 10 nitrogen and oxygen atoms in total. The second-order valence-electron chi connectivity index (χ2n) is 10.1. The summed E-state index contributed by atoms with van der Waals surface area (Å²) in [6.45, 7) is 6.98. The number of aryl methyl sites for hydroxylation is 2. The third-order valence-electron chi connectivity index (χ3n) is 6.18. The van der Waals surface area contributed by atoms with Crippen molar-refractivity contribution in [2.75, 3.05) is 19.7 Å². The fourth-order valence-corrected chi connectivity index (χ4v) is 5.03. The number of benzene rings is 1. The van der Waals surface area contributed by atoms with Crippen molar-refractivity contribution < 1.29 is 23.9 Å². The van der Waals surface area contributed by atoms with Crippen LogP contribution >= 0.6 is 11.3 Å². The first-order valence-corrected chi connectivity index (χ1v) is 14.4. The summed E-state index contributed by atoms with van der Waals surface area (Å²) in [5.41, 5.74) is 1.27. The quantitative estimate of drug-likeness (QED) is 0.386. The number of amides is 4. The maximum absolute atomic E-state index is 13.2. The molecular formula is C28H39N5O5S. The molecule has 1 aliphatic heterocycles. The molecule has 0 saturated carbocycles. The second kappa shape index (κ2) is 15.2. The van der Waals surface area contributed by atoms with Crippen molar-refractivity contribution in [3.8, 4) is 5.75 Å². The van der Waals surface area contributed by atoms with Crippen molar-refractivity contribution in [3.05, 3.63) is 45.9 Å². The highest BCUT2D eigenvalue weighted by Gasteiger charge is 2.26. The van der Waals surface area contributed by atoms with Gasteiger partial charge in [-0.15, -0.1) is 11.3 Å². The molecule has 0 aliphatic carbocycles. The SMILES string of the molecule is Cc1csc(CCCNC(=O)[C@@H]2CCC(=O)N[C@H](CC(C)C)C(=O)NCCCOc3ccccc3C(=O)N2)n1. The first-order chi connectivity index (χ1) is 18.7. The van der Waals surface area contributed by atoms with Crippen LogP contribution in [0.2, 0.25) is 0 Å². The molecule has 4 amide bonds. The van der Waals surface area contributed by atoms with E-state index in [0.29, 0.717) is 43.7 Å². The molecule has 0 spiro atoms. The van der Waals surface area contributed by atoms with Crippen LogP contribution in [0, 0.1) is 12.8 Å². The van der Waals surface area contributed by atoms with Gasteiger partial charge in [0.25, 0.3) is 5.91 Å². The van der Waals surface area contributed by atoms with E-state index in [4.69, 9.17) is 4.74 Å². The molecular weight excluding hydrogens is 518 g/mol. The number of fused-ring (bicyclic) bond motifs is 1. The topological polar surface area (TPSA) is 139 Å². The van der Waals surface area contributed by atoms with Crippen molar-refractivity contribution in [3.63, 3.8) is 0 Å². The lowest BCUT2D eigenvalue weighted by atomic mass is 10.0. The number of hydrogen-bond donors (Lipinski definition) is 4. The van der Waals surface area contributed by atoms with Crippen molar-refractivity contribution in [2.45, 2.75) is 71.4 Å². The molecule has 0 bridgehead atoms. The number of ether oxygens (including phenoxy) is 1. The van der Waals surface area contributed by atoms with Crippen molar-refractivity contribution in [1.29, 1.82) is 0 Å². The van der Waals surface area contributed by atoms with Gasteiger partial charge in [-0.05, 0) is 50.7 Å². The van der Waals surface area contributed by atoms with Crippen LogP contribution in [0.4, 0.5) is 0 Å². The summed E-state index contributed by atoms with van der Waals surface area (Å²) < 4.78 is 5.83. The van der Waals surface area contributed by atoms with Crippen LogP contribution < -0.4 is 26.0 Å². The van der Waals surface area contributed by atoms with Gasteiger partial charge >= 0.3 is 0 Å². The molecule has 2 heterocycles. The van der Waals surface area contributed by atoms with E-state index in [-0.39, 0.29) is 43.1 Å². The van der Waals surface area contributed by atoms with E-state index >= 15 is 0 Å². The maximum Gasteiger partial charge on any atom is 0.255 e. The van der Waals surface area contributed by atoms with E-state index in [1.807, 2.05) is 26.2 Å². The molecule has 4 N–H and O–H groups in total. The summed E-state index contributed by atoms with van der Waals surface area (Å²) in [4.78, 5) is 56.3. The third-order valence-corrected chi connectivity index (χ3v) is 7.21.